The van der Waals surface area contributed by atoms with Gasteiger partial charge in [-0.3, -0.25) is 4.79 Å². The summed E-state index contributed by atoms with van der Waals surface area (Å²) in [5.41, 5.74) is 3.55. The Bertz CT molecular complexity index is 1840. The van der Waals surface area contributed by atoms with E-state index in [4.69, 9.17) is 25.8 Å². The van der Waals surface area contributed by atoms with Gasteiger partial charge in [-0.25, -0.2) is 13.9 Å². The van der Waals surface area contributed by atoms with Crippen LogP contribution in [-0.2, 0) is 16.1 Å². The Morgan fingerprint density at radius 3 is 2.55 bits per heavy atom. The van der Waals surface area contributed by atoms with Crippen molar-refractivity contribution in [1.82, 2.24) is 15.1 Å². The van der Waals surface area contributed by atoms with E-state index in [1.54, 1.807) is 71.4 Å². The van der Waals surface area contributed by atoms with Gasteiger partial charge in [0.25, 0.3) is 0 Å². The molecule has 1 aliphatic heterocycles. The normalized spacial score (nSPS) is 16.3. The molecular weight excluding hydrogens is 587 g/mol. The highest BCUT2D eigenvalue weighted by Gasteiger charge is 2.43. The van der Waals surface area contributed by atoms with E-state index in [2.05, 4.69) is 10.4 Å². The second kappa shape index (κ2) is 12.3. The number of benzene rings is 4. The number of halogens is 2. The molecule has 5 aromatic rings. The number of rotatable bonds is 8. The molecule has 1 N–H and O–H groups in total. The van der Waals surface area contributed by atoms with Crippen molar-refractivity contribution in [1.29, 1.82) is 0 Å². The lowest BCUT2D eigenvalue weighted by molar-refractivity contribution is -0.117. The molecule has 6 rings (SSSR count). The minimum Gasteiger partial charge on any atom is -0.497 e. The molecule has 1 unspecified atom stereocenters. The van der Waals surface area contributed by atoms with Crippen molar-refractivity contribution in [3.05, 3.63) is 113 Å². The molecule has 0 radical (unpaired) electrons. The van der Waals surface area contributed by atoms with Gasteiger partial charge in [0.1, 0.15) is 23.9 Å². The molecule has 1 fully saturated rings. The summed E-state index contributed by atoms with van der Waals surface area (Å²) in [6.45, 7) is -0.0417. The van der Waals surface area contributed by atoms with Gasteiger partial charge in [-0.15, -0.1) is 0 Å². The van der Waals surface area contributed by atoms with Crippen molar-refractivity contribution in [3.8, 4) is 17.2 Å². The maximum absolute atomic E-state index is 13.6. The summed E-state index contributed by atoms with van der Waals surface area (Å²) < 4.78 is 31.4. The highest BCUT2D eigenvalue weighted by Crippen LogP contribution is 2.39. The molecule has 0 aliphatic carbocycles. The lowest BCUT2D eigenvalue weighted by atomic mass is 9.99. The second-order valence-corrected chi connectivity index (χ2v) is 10.7. The van der Waals surface area contributed by atoms with Crippen molar-refractivity contribution in [2.45, 2.75) is 25.1 Å². The Labute approximate surface area is 257 Å². The van der Waals surface area contributed by atoms with Crippen molar-refractivity contribution < 1.29 is 28.2 Å². The van der Waals surface area contributed by atoms with Gasteiger partial charge in [-0.05, 0) is 72.3 Å². The van der Waals surface area contributed by atoms with Gasteiger partial charge in [-0.1, -0.05) is 23.7 Å². The van der Waals surface area contributed by atoms with Crippen LogP contribution in [0.15, 0.2) is 91.1 Å². The van der Waals surface area contributed by atoms with Crippen LogP contribution in [0.1, 0.15) is 23.6 Å². The first-order valence-corrected chi connectivity index (χ1v) is 14.2. The lowest BCUT2D eigenvalue weighted by Crippen LogP contribution is -2.40. The fourth-order valence-electron chi connectivity index (χ4n) is 5.51. The third-order valence-corrected chi connectivity index (χ3v) is 7.81. The summed E-state index contributed by atoms with van der Waals surface area (Å²) in [6.07, 6.45) is 1.06. The largest absolute Gasteiger partial charge is 0.497 e. The van der Waals surface area contributed by atoms with E-state index in [-0.39, 0.29) is 24.8 Å². The number of fused-ring (bicyclic) bond motifs is 1. The first-order chi connectivity index (χ1) is 21.3. The Morgan fingerprint density at radius 2 is 1.80 bits per heavy atom. The van der Waals surface area contributed by atoms with Crippen molar-refractivity contribution in [2.24, 2.45) is 0 Å². The van der Waals surface area contributed by atoms with E-state index in [1.165, 1.54) is 19.2 Å². The molecule has 44 heavy (non-hydrogen) atoms. The SMILES string of the molecule is COc1ccc(COC(=O)N[C@H]2CC(=O)N(c3ccc4c(cnn4-c4ccc(F)cc4)c3)C2c2cccc(Cl)c2)c(OC)c1. The highest BCUT2D eigenvalue weighted by molar-refractivity contribution is 6.30. The summed E-state index contributed by atoms with van der Waals surface area (Å²) >= 11 is 6.35. The van der Waals surface area contributed by atoms with Gasteiger partial charge in [0.15, 0.2) is 0 Å². The predicted molar refractivity (Wildman–Crippen MR) is 164 cm³/mol. The van der Waals surface area contributed by atoms with Gasteiger partial charge in [0.2, 0.25) is 5.91 Å². The van der Waals surface area contributed by atoms with Gasteiger partial charge < -0.3 is 24.4 Å². The number of anilines is 1. The molecule has 1 aliphatic rings. The van der Waals surface area contributed by atoms with Crippen molar-refractivity contribution >= 4 is 40.2 Å². The van der Waals surface area contributed by atoms with Gasteiger partial charge in [0.05, 0.1) is 43.7 Å². The second-order valence-electron chi connectivity index (χ2n) is 10.2. The fraction of sp³-hybridized carbons (Fsp3) is 0.182. The fourth-order valence-corrected chi connectivity index (χ4v) is 5.70. The molecule has 1 saturated heterocycles. The minimum atomic E-state index is -0.675. The number of hydrogen-bond acceptors (Lipinski definition) is 6. The number of nitrogens with one attached hydrogen (secondary N) is 1. The molecule has 9 nitrogen and oxygen atoms in total. The van der Waals surface area contributed by atoms with Crippen LogP contribution in [0, 0.1) is 5.82 Å². The summed E-state index contributed by atoms with van der Waals surface area (Å²) in [7, 11) is 3.08. The Morgan fingerprint density at radius 1 is 1.00 bits per heavy atom. The molecule has 2 amide bonds. The molecule has 0 bridgehead atoms. The quantitative estimate of drug-likeness (QED) is 0.211. The number of amides is 2. The molecule has 2 heterocycles. The van der Waals surface area contributed by atoms with E-state index in [0.29, 0.717) is 33.5 Å². The van der Waals surface area contributed by atoms with Crippen molar-refractivity contribution in [2.75, 3.05) is 19.1 Å². The number of methoxy groups -OCH3 is 2. The average molecular weight is 615 g/mol. The molecule has 2 atom stereocenters. The van der Waals surface area contributed by atoms with E-state index < -0.39 is 18.2 Å². The van der Waals surface area contributed by atoms with Crippen LogP contribution < -0.4 is 19.7 Å². The summed E-state index contributed by atoms with van der Waals surface area (Å²) in [6, 6.07) is 22.9. The van der Waals surface area contributed by atoms with Crippen LogP contribution in [0.5, 0.6) is 11.5 Å². The summed E-state index contributed by atoms with van der Waals surface area (Å²) in [4.78, 5) is 28.3. The Balaban J connectivity index is 1.27. The predicted octanol–water partition coefficient (Wildman–Crippen LogP) is 6.61. The molecule has 0 saturated carbocycles. The zero-order chi connectivity index (χ0) is 30.8. The van der Waals surface area contributed by atoms with E-state index in [9.17, 15) is 14.0 Å². The highest BCUT2D eigenvalue weighted by atomic mass is 35.5. The smallest absolute Gasteiger partial charge is 0.407 e. The average Bonchev–Trinajstić information content (AvgIpc) is 3.60. The van der Waals surface area contributed by atoms with E-state index in [0.717, 1.165) is 16.5 Å². The van der Waals surface area contributed by atoms with Crippen LogP contribution in [0.4, 0.5) is 14.9 Å². The first kappa shape index (κ1) is 29.0. The number of ether oxygens (including phenoxy) is 3. The number of hydrogen-bond donors (Lipinski definition) is 1. The number of nitrogens with zero attached hydrogens (tertiary/aromatic N) is 3. The third kappa shape index (κ3) is 5.76. The summed E-state index contributed by atoms with van der Waals surface area (Å²) in [5.74, 6) is 0.626. The maximum atomic E-state index is 13.6. The zero-order valence-electron chi connectivity index (χ0n) is 23.9. The first-order valence-electron chi connectivity index (χ1n) is 13.8. The molecule has 1 aromatic heterocycles. The Kier molecular flexibility index (Phi) is 8.08. The third-order valence-electron chi connectivity index (χ3n) is 7.57. The van der Waals surface area contributed by atoms with Crippen LogP contribution in [-0.4, -0.2) is 42.0 Å². The molecule has 4 aromatic carbocycles. The number of aromatic nitrogens is 2. The topological polar surface area (TPSA) is 94.9 Å². The van der Waals surface area contributed by atoms with Gasteiger partial charge in [-0.2, -0.15) is 5.10 Å². The van der Waals surface area contributed by atoms with Gasteiger partial charge >= 0.3 is 6.09 Å². The van der Waals surface area contributed by atoms with Crippen LogP contribution in [0.3, 0.4) is 0 Å². The number of carbonyl (C=O) groups is 2. The van der Waals surface area contributed by atoms with E-state index in [1.807, 2.05) is 24.3 Å². The minimum absolute atomic E-state index is 0.0417. The van der Waals surface area contributed by atoms with Crippen molar-refractivity contribution in [3.63, 3.8) is 0 Å². The van der Waals surface area contributed by atoms with Crippen LogP contribution in [0.2, 0.25) is 5.02 Å². The summed E-state index contributed by atoms with van der Waals surface area (Å²) in [5, 5.41) is 8.66. The van der Waals surface area contributed by atoms with E-state index >= 15 is 0 Å². The number of carbonyl (C=O) groups excluding carboxylic acids is 2. The van der Waals surface area contributed by atoms with Crippen LogP contribution >= 0.6 is 11.6 Å². The molecular formula is C33H28ClFN4O5. The lowest BCUT2D eigenvalue weighted by Gasteiger charge is -2.29. The molecule has 11 heteroatoms. The van der Waals surface area contributed by atoms with Crippen LogP contribution in [0.25, 0.3) is 16.6 Å². The maximum Gasteiger partial charge on any atom is 0.407 e. The standard InChI is InChI=1S/C33H28ClFN4O5/c1-42-27-12-6-21(30(16-27)43-2)19-44-33(41)37-28-17-31(40)38(32(28)20-4-3-5-23(34)14-20)26-11-13-29-22(15-26)18-36-39(29)25-9-7-24(35)8-10-25/h3-16,18,28,32H,17,19H2,1-2H3,(H,37,41)/t28-,32?/m0/s1. The van der Waals surface area contributed by atoms with Gasteiger partial charge in [0, 0.05) is 34.1 Å². The molecule has 0 spiro atoms. The Hall–Kier alpha value is -5.09. The monoisotopic (exact) mass is 614 g/mol. The molecule has 224 valence electrons. The number of alkyl carbamates (subject to hydrolysis) is 1. The zero-order valence-corrected chi connectivity index (χ0v) is 24.6.